The number of hydrogen-bond donors (Lipinski definition) is 3. The Morgan fingerprint density at radius 3 is 2.69 bits per heavy atom. The molecule has 1 fully saturated rings. The van der Waals surface area contributed by atoms with Crippen LogP contribution in [0.3, 0.4) is 0 Å². The lowest BCUT2D eigenvalue weighted by molar-refractivity contribution is -0.0423. The summed E-state index contributed by atoms with van der Waals surface area (Å²) in [6.07, 6.45) is 16.6. The highest BCUT2D eigenvalue weighted by Crippen LogP contribution is 2.52. The van der Waals surface area contributed by atoms with E-state index in [2.05, 4.69) is 29.1 Å². The quantitative estimate of drug-likeness (QED) is 0.293. The van der Waals surface area contributed by atoms with Crippen LogP contribution in [0.15, 0.2) is 12.5 Å². The van der Waals surface area contributed by atoms with Gasteiger partial charge < -0.3 is 25.5 Å². The number of unbranched alkanes of at least 4 members (excludes halogenated alkanes) is 7. The van der Waals surface area contributed by atoms with Crippen LogP contribution in [-0.2, 0) is 9.47 Å². The summed E-state index contributed by atoms with van der Waals surface area (Å²) in [6, 6.07) is 0. The topological polar surface area (TPSA) is 85.2 Å². The molecule has 3 unspecified atom stereocenters. The predicted octanol–water partition coefficient (Wildman–Crippen LogP) is 4.55. The third kappa shape index (κ3) is 9.06. The molecule has 0 bridgehead atoms. The fourth-order valence-corrected chi connectivity index (χ4v) is 4.14. The Hall–Kier alpha value is -1.11. The van der Waals surface area contributed by atoms with E-state index < -0.39 is 0 Å². The number of aromatic amines is 1. The van der Waals surface area contributed by atoms with Crippen molar-refractivity contribution in [2.75, 3.05) is 38.2 Å². The first-order valence-electron chi connectivity index (χ1n) is 11.7. The number of aromatic nitrogens is 2. The molecule has 167 valence electrons. The number of imidazole rings is 1. The minimum atomic E-state index is -0.172. The molecule has 0 spiro atoms. The van der Waals surface area contributed by atoms with E-state index in [0.29, 0.717) is 38.2 Å². The van der Waals surface area contributed by atoms with Crippen molar-refractivity contribution in [3.8, 4) is 0 Å². The van der Waals surface area contributed by atoms with Gasteiger partial charge in [0.15, 0.2) is 0 Å². The zero-order chi connectivity index (χ0) is 20.8. The average Bonchev–Trinajstić information content (AvgIpc) is 3.18. The number of hydrogen-bond acceptors (Lipinski definition) is 5. The monoisotopic (exact) mass is 407 g/mol. The average molecular weight is 408 g/mol. The van der Waals surface area contributed by atoms with Crippen LogP contribution in [0, 0.1) is 18.8 Å². The van der Waals surface area contributed by atoms with E-state index in [-0.39, 0.29) is 5.60 Å². The second-order valence-corrected chi connectivity index (χ2v) is 8.47. The Labute approximate surface area is 177 Å². The SMILES string of the molecule is [CH2]C(CCCCCCCCCC)C1CC1(COCCN)OCCNc1c[nH]cn1. The van der Waals surface area contributed by atoms with E-state index in [1.165, 1.54) is 57.8 Å². The minimum Gasteiger partial charge on any atom is -0.377 e. The van der Waals surface area contributed by atoms with Crippen molar-refractivity contribution >= 4 is 5.82 Å². The molecular weight excluding hydrogens is 364 g/mol. The predicted molar refractivity (Wildman–Crippen MR) is 120 cm³/mol. The highest BCUT2D eigenvalue weighted by atomic mass is 16.5. The molecule has 1 aromatic heterocycles. The van der Waals surface area contributed by atoms with Gasteiger partial charge in [0.25, 0.3) is 0 Å². The summed E-state index contributed by atoms with van der Waals surface area (Å²) >= 11 is 0. The number of anilines is 1. The van der Waals surface area contributed by atoms with Gasteiger partial charge in [0, 0.05) is 19.3 Å². The van der Waals surface area contributed by atoms with E-state index in [1.54, 1.807) is 6.33 Å². The van der Waals surface area contributed by atoms with Gasteiger partial charge in [-0.25, -0.2) is 4.98 Å². The van der Waals surface area contributed by atoms with Gasteiger partial charge in [-0.05, 0) is 25.2 Å². The Kier molecular flexibility index (Phi) is 11.7. The van der Waals surface area contributed by atoms with Crippen molar-refractivity contribution in [3.05, 3.63) is 19.4 Å². The van der Waals surface area contributed by atoms with Crippen LogP contribution in [-0.4, -0.2) is 48.5 Å². The molecule has 1 radical (unpaired) electrons. The van der Waals surface area contributed by atoms with Crippen LogP contribution in [0.2, 0.25) is 0 Å². The van der Waals surface area contributed by atoms with E-state index in [9.17, 15) is 0 Å². The summed E-state index contributed by atoms with van der Waals surface area (Å²) in [4.78, 5) is 7.11. The number of ether oxygens (including phenoxy) is 2. The van der Waals surface area contributed by atoms with Crippen molar-refractivity contribution in [1.29, 1.82) is 0 Å². The molecule has 6 nitrogen and oxygen atoms in total. The Morgan fingerprint density at radius 1 is 1.24 bits per heavy atom. The Balaban J connectivity index is 1.63. The van der Waals surface area contributed by atoms with Crippen LogP contribution >= 0.6 is 0 Å². The van der Waals surface area contributed by atoms with E-state index in [4.69, 9.17) is 15.2 Å². The summed E-state index contributed by atoms with van der Waals surface area (Å²) in [7, 11) is 0. The Morgan fingerprint density at radius 2 is 2.00 bits per heavy atom. The molecule has 1 aromatic rings. The van der Waals surface area contributed by atoms with Crippen LogP contribution in [0.5, 0.6) is 0 Å². The zero-order valence-corrected chi connectivity index (χ0v) is 18.5. The second-order valence-electron chi connectivity index (χ2n) is 8.47. The third-order valence-electron chi connectivity index (χ3n) is 5.98. The maximum Gasteiger partial charge on any atom is 0.144 e. The molecule has 4 N–H and O–H groups in total. The van der Waals surface area contributed by atoms with Gasteiger partial charge in [-0.3, -0.25) is 0 Å². The largest absolute Gasteiger partial charge is 0.377 e. The summed E-state index contributed by atoms with van der Waals surface area (Å²) in [5.41, 5.74) is 5.41. The van der Waals surface area contributed by atoms with Gasteiger partial charge in [0.05, 0.1) is 31.7 Å². The van der Waals surface area contributed by atoms with Crippen LogP contribution < -0.4 is 11.1 Å². The van der Waals surface area contributed by atoms with Crippen LogP contribution in [0.25, 0.3) is 0 Å². The van der Waals surface area contributed by atoms with Gasteiger partial charge in [0.2, 0.25) is 0 Å². The number of nitrogens with two attached hydrogens (primary N) is 1. The first-order valence-corrected chi connectivity index (χ1v) is 11.7. The standard InChI is InChI=1S/C23H43N4O2/c1-3-4-5-6-7-8-9-10-11-20(2)21-16-23(21,18-28-14-12-24)29-15-13-26-22-17-25-19-27-22/h17,19-21,26H,2-16,18,24H2,1H3,(H,25,27). The highest BCUT2D eigenvalue weighted by molar-refractivity contribution is 5.29. The minimum absolute atomic E-state index is 0.172. The molecule has 2 rings (SSSR count). The molecule has 0 aromatic carbocycles. The number of H-pyrrole nitrogens is 1. The summed E-state index contributed by atoms with van der Waals surface area (Å²) < 4.78 is 12.1. The van der Waals surface area contributed by atoms with Gasteiger partial charge in [-0.1, -0.05) is 64.7 Å². The van der Waals surface area contributed by atoms with Gasteiger partial charge >= 0.3 is 0 Å². The Bertz CT molecular complexity index is 511. The molecule has 29 heavy (non-hydrogen) atoms. The first kappa shape index (κ1) is 24.2. The molecule has 0 aliphatic heterocycles. The number of nitrogens with one attached hydrogen (secondary N) is 2. The van der Waals surface area contributed by atoms with E-state index in [1.807, 2.05) is 6.20 Å². The molecule has 0 amide bonds. The van der Waals surface area contributed by atoms with Crippen LogP contribution in [0.4, 0.5) is 5.82 Å². The molecule has 6 heteroatoms. The second kappa shape index (κ2) is 14.0. The summed E-state index contributed by atoms with van der Waals surface area (Å²) in [5, 5.41) is 3.26. The maximum atomic E-state index is 6.30. The lowest BCUT2D eigenvalue weighted by Gasteiger charge is -2.22. The van der Waals surface area contributed by atoms with E-state index in [0.717, 1.165) is 18.8 Å². The number of rotatable bonds is 19. The molecule has 1 aliphatic carbocycles. The fourth-order valence-electron chi connectivity index (χ4n) is 4.14. The van der Waals surface area contributed by atoms with Crippen molar-refractivity contribution in [1.82, 2.24) is 9.97 Å². The molecular formula is C23H43N4O2. The molecule has 3 atom stereocenters. The van der Waals surface area contributed by atoms with Gasteiger partial charge in [0.1, 0.15) is 5.82 Å². The van der Waals surface area contributed by atoms with Crippen molar-refractivity contribution in [3.63, 3.8) is 0 Å². The van der Waals surface area contributed by atoms with Crippen molar-refractivity contribution in [2.45, 2.75) is 76.7 Å². The lowest BCUT2D eigenvalue weighted by atomic mass is 9.95. The van der Waals surface area contributed by atoms with Crippen molar-refractivity contribution in [2.24, 2.45) is 17.6 Å². The third-order valence-corrected chi connectivity index (χ3v) is 5.98. The molecule has 1 heterocycles. The van der Waals surface area contributed by atoms with Gasteiger partial charge in [-0.2, -0.15) is 0 Å². The molecule has 1 aliphatic rings. The maximum absolute atomic E-state index is 6.30. The highest BCUT2D eigenvalue weighted by Gasteiger charge is 2.57. The smallest absolute Gasteiger partial charge is 0.144 e. The zero-order valence-electron chi connectivity index (χ0n) is 18.5. The summed E-state index contributed by atoms with van der Waals surface area (Å²) in [6.45, 7) is 9.86. The van der Waals surface area contributed by atoms with Crippen LogP contribution in [0.1, 0.15) is 71.1 Å². The molecule has 1 saturated carbocycles. The fraction of sp³-hybridized carbons (Fsp3) is 0.826. The first-order chi connectivity index (χ1) is 14.2. The van der Waals surface area contributed by atoms with Crippen molar-refractivity contribution < 1.29 is 9.47 Å². The number of nitrogens with zero attached hydrogens (tertiary/aromatic N) is 1. The lowest BCUT2D eigenvalue weighted by Crippen LogP contribution is -2.30. The summed E-state index contributed by atoms with van der Waals surface area (Å²) in [5.74, 6) is 1.78. The normalized spacial score (nSPS) is 22.0. The van der Waals surface area contributed by atoms with Gasteiger partial charge in [-0.15, -0.1) is 0 Å². The van der Waals surface area contributed by atoms with E-state index >= 15 is 0 Å². The molecule has 0 saturated heterocycles.